The van der Waals surface area contributed by atoms with Crippen molar-refractivity contribution in [3.8, 4) is 0 Å². The van der Waals surface area contributed by atoms with Crippen molar-refractivity contribution in [1.29, 1.82) is 0 Å². The predicted molar refractivity (Wildman–Crippen MR) is 70.1 cm³/mol. The molecule has 0 aliphatic heterocycles. The molecule has 0 fully saturated rings. The monoisotopic (exact) mass is 263 g/mol. The van der Waals surface area contributed by atoms with Crippen LogP contribution in [0.2, 0.25) is 0 Å². The average Bonchev–Trinajstić information content (AvgIpc) is 2.70. The Labute approximate surface area is 111 Å². The number of rotatable bonds is 4. The number of aromatic nitrogens is 3. The molecule has 102 valence electrons. The molecule has 0 spiro atoms. The fraction of sp³-hybridized carbons (Fsp3) is 0.429. The molecule has 0 aliphatic carbocycles. The summed E-state index contributed by atoms with van der Waals surface area (Å²) in [6.45, 7) is 3.68. The third-order valence-corrected chi connectivity index (χ3v) is 3.24. The summed E-state index contributed by atoms with van der Waals surface area (Å²) < 4.78 is 14.9. The lowest BCUT2D eigenvalue weighted by Crippen LogP contribution is -2.26. The normalized spacial score (nSPS) is 14.4. The molecular formula is C14H18FN3O. The molecule has 2 aromatic heterocycles. The van der Waals surface area contributed by atoms with Gasteiger partial charge in [0, 0.05) is 30.9 Å². The molecule has 1 N–H and O–H groups in total. The van der Waals surface area contributed by atoms with E-state index in [0.717, 1.165) is 24.0 Å². The van der Waals surface area contributed by atoms with Gasteiger partial charge in [-0.2, -0.15) is 5.10 Å². The summed E-state index contributed by atoms with van der Waals surface area (Å²) >= 11 is 0. The van der Waals surface area contributed by atoms with Crippen LogP contribution < -0.4 is 0 Å². The molecular weight excluding hydrogens is 245 g/mol. The standard InChI is InChI=1S/C14H18FN3O/c1-4-12-6-13(18(3)17-12)7-14(2,19)10-5-11(15)9-16-8-10/h5-6,8-9,19H,4,7H2,1-3H3. The topological polar surface area (TPSA) is 50.9 Å². The highest BCUT2D eigenvalue weighted by Gasteiger charge is 2.26. The third-order valence-electron chi connectivity index (χ3n) is 3.24. The van der Waals surface area contributed by atoms with Crippen molar-refractivity contribution in [2.45, 2.75) is 32.3 Å². The van der Waals surface area contributed by atoms with E-state index in [4.69, 9.17) is 0 Å². The van der Waals surface area contributed by atoms with E-state index in [1.165, 1.54) is 12.3 Å². The van der Waals surface area contributed by atoms with Crippen LogP contribution in [0.5, 0.6) is 0 Å². The molecule has 4 nitrogen and oxygen atoms in total. The van der Waals surface area contributed by atoms with Crippen LogP contribution in [0.15, 0.2) is 24.5 Å². The number of hydrogen-bond acceptors (Lipinski definition) is 3. The zero-order chi connectivity index (χ0) is 14.0. The second-order valence-corrected chi connectivity index (χ2v) is 4.95. The van der Waals surface area contributed by atoms with Crippen molar-refractivity contribution in [3.05, 3.63) is 47.3 Å². The first-order valence-electron chi connectivity index (χ1n) is 6.27. The molecule has 5 heteroatoms. The quantitative estimate of drug-likeness (QED) is 0.917. The van der Waals surface area contributed by atoms with Gasteiger partial charge in [-0.1, -0.05) is 6.92 Å². The van der Waals surface area contributed by atoms with Gasteiger partial charge >= 0.3 is 0 Å². The first-order chi connectivity index (χ1) is 8.92. The summed E-state index contributed by atoms with van der Waals surface area (Å²) in [7, 11) is 1.84. The smallest absolute Gasteiger partial charge is 0.141 e. The molecule has 1 unspecified atom stereocenters. The van der Waals surface area contributed by atoms with Crippen molar-refractivity contribution in [3.63, 3.8) is 0 Å². The number of halogens is 1. The van der Waals surface area contributed by atoms with Crippen molar-refractivity contribution in [2.24, 2.45) is 7.05 Å². The molecule has 0 aliphatic rings. The summed E-state index contributed by atoms with van der Waals surface area (Å²) in [5, 5.41) is 14.9. The van der Waals surface area contributed by atoms with Crippen LogP contribution in [-0.4, -0.2) is 19.9 Å². The Morgan fingerprint density at radius 3 is 2.68 bits per heavy atom. The van der Waals surface area contributed by atoms with E-state index in [2.05, 4.69) is 10.1 Å². The minimum Gasteiger partial charge on any atom is -0.385 e. The number of nitrogens with zero attached hydrogens (tertiary/aromatic N) is 3. The largest absolute Gasteiger partial charge is 0.385 e. The van der Waals surface area contributed by atoms with E-state index < -0.39 is 11.4 Å². The first-order valence-corrected chi connectivity index (χ1v) is 6.27. The summed E-state index contributed by atoms with van der Waals surface area (Å²) in [6.07, 6.45) is 3.82. The van der Waals surface area contributed by atoms with Gasteiger partial charge in [-0.3, -0.25) is 9.67 Å². The maximum Gasteiger partial charge on any atom is 0.141 e. The van der Waals surface area contributed by atoms with Crippen molar-refractivity contribution in [2.75, 3.05) is 0 Å². The first kappa shape index (κ1) is 13.7. The van der Waals surface area contributed by atoms with Crippen molar-refractivity contribution >= 4 is 0 Å². The van der Waals surface area contributed by atoms with Crippen LogP contribution in [0.4, 0.5) is 4.39 Å². The van der Waals surface area contributed by atoms with E-state index in [-0.39, 0.29) is 0 Å². The Balaban J connectivity index is 2.27. The number of aliphatic hydroxyl groups is 1. The molecule has 0 bridgehead atoms. The van der Waals surface area contributed by atoms with Crippen molar-refractivity contribution in [1.82, 2.24) is 14.8 Å². The number of hydrogen-bond donors (Lipinski definition) is 1. The Kier molecular flexibility index (Phi) is 3.66. The highest BCUT2D eigenvalue weighted by Crippen LogP contribution is 2.25. The molecule has 0 saturated heterocycles. The fourth-order valence-corrected chi connectivity index (χ4v) is 2.07. The number of pyridine rings is 1. The molecule has 19 heavy (non-hydrogen) atoms. The van der Waals surface area contributed by atoms with Crippen LogP contribution >= 0.6 is 0 Å². The summed E-state index contributed by atoms with van der Waals surface area (Å²) in [5.41, 5.74) is 1.18. The molecule has 0 radical (unpaired) electrons. The van der Waals surface area contributed by atoms with Gasteiger partial charge in [-0.05, 0) is 25.5 Å². The summed E-state index contributed by atoms with van der Waals surface area (Å²) in [4.78, 5) is 3.78. The maximum absolute atomic E-state index is 13.2. The Hall–Kier alpha value is -1.75. The van der Waals surface area contributed by atoms with Crippen LogP contribution in [-0.2, 0) is 25.5 Å². The lowest BCUT2D eigenvalue weighted by molar-refractivity contribution is 0.0549. The SMILES string of the molecule is CCc1cc(CC(C)(O)c2cncc(F)c2)n(C)n1. The van der Waals surface area contributed by atoms with E-state index in [1.807, 2.05) is 20.0 Å². The molecule has 2 aromatic rings. The average molecular weight is 263 g/mol. The van der Waals surface area contributed by atoms with Crippen LogP contribution in [0.3, 0.4) is 0 Å². The summed E-state index contributed by atoms with van der Waals surface area (Å²) in [6, 6.07) is 3.27. The van der Waals surface area contributed by atoms with Crippen molar-refractivity contribution < 1.29 is 9.50 Å². The Bertz CT molecular complexity index is 578. The fourth-order valence-electron chi connectivity index (χ4n) is 2.07. The van der Waals surface area contributed by atoms with Gasteiger partial charge < -0.3 is 5.11 Å². The molecule has 0 saturated carbocycles. The van der Waals surface area contributed by atoms with Crippen LogP contribution in [0.25, 0.3) is 0 Å². The molecule has 0 amide bonds. The minimum atomic E-state index is -1.17. The Morgan fingerprint density at radius 1 is 1.37 bits per heavy atom. The van der Waals surface area contributed by atoms with Gasteiger partial charge in [0.2, 0.25) is 0 Å². The van der Waals surface area contributed by atoms with E-state index >= 15 is 0 Å². The highest BCUT2D eigenvalue weighted by molar-refractivity contribution is 5.22. The van der Waals surface area contributed by atoms with Gasteiger partial charge in [-0.15, -0.1) is 0 Å². The zero-order valence-corrected chi connectivity index (χ0v) is 11.4. The second kappa shape index (κ2) is 5.09. The molecule has 2 heterocycles. The lowest BCUT2D eigenvalue weighted by atomic mass is 9.92. The maximum atomic E-state index is 13.2. The van der Waals surface area contributed by atoms with E-state index in [9.17, 15) is 9.50 Å². The highest BCUT2D eigenvalue weighted by atomic mass is 19.1. The van der Waals surface area contributed by atoms with Gasteiger partial charge in [0.05, 0.1) is 17.5 Å². The van der Waals surface area contributed by atoms with Crippen LogP contribution in [0, 0.1) is 5.82 Å². The molecule has 2 rings (SSSR count). The second-order valence-electron chi connectivity index (χ2n) is 4.95. The van der Waals surface area contributed by atoms with Gasteiger partial charge in [0.25, 0.3) is 0 Å². The van der Waals surface area contributed by atoms with Crippen LogP contribution in [0.1, 0.15) is 30.8 Å². The molecule has 0 aromatic carbocycles. The number of aryl methyl sites for hydroxylation is 2. The van der Waals surface area contributed by atoms with Gasteiger partial charge in [0.15, 0.2) is 0 Å². The van der Waals surface area contributed by atoms with E-state index in [0.29, 0.717) is 12.0 Å². The predicted octanol–water partition coefficient (Wildman–Crippen LogP) is 1.97. The zero-order valence-electron chi connectivity index (χ0n) is 11.4. The third kappa shape index (κ3) is 2.98. The van der Waals surface area contributed by atoms with Gasteiger partial charge in [-0.25, -0.2) is 4.39 Å². The Morgan fingerprint density at radius 2 is 2.11 bits per heavy atom. The van der Waals surface area contributed by atoms with Gasteiger partial charge in [0.1, 0.15) is 5.82 Å². The summed E-state index contributed by atoms with van der Waals surface area (Å²) in [5.74, 6) is -0.447. The molecule has 1 atom stereocenters. The minimum absolute atomic E-state index is 0.363. The van der Waals surface area contributed by atoms with E-state index in [1.54, 1.807) is 11.6 Å². The lowest BCUT2D eigenvalue weighted by Gasteiger charge is -2.23.